The zero-order valence-electron chi connectivity index (χ0n) is 17.5. The highest BCUT2D eigenvalue weighted by molar-refractivity contribution is 6.06. The van der Waals surface area contributed by atoms with Crippen molar-refractivity contribution < 1.29 is 9.59 Å². The van der Waals surface area contributed by atoms with Crippen molar-refractivity contribution in [3.63, 3.8) is 0 Å². The van der Waals surface area contributed by atoms with Crippen molar-refractivity contribution in [2.24, 2.45) is 5.92 Å². The smallest absolute Gasteiger partial charge is 0.161 e. The zero-order chi connectivity index (χ0) is 20.7. The molecule has 0 aromatic heterocycles. The number of aryl methyl sites for hydroxylation is 1. The molecule has 2 aliphatic carbocycles. The minimum Gasteiger partial charge on any atom is -0.317 e. The maximum atomic E-state index is 13.2. The molecule has 0 bridgehead atoms. The Morgan fingerprint density at radius 1 is 0.767 bits per heavy atom. The molecule has 2 aromatic carbocycles. The van der Waals surface area contributed by atoms with Gasteiger partial charge in [0.2, 0.25) is 0 Å². The summed E-state index contributed by atoms with van der Waals surface area (Å²) in [6.45, 7) is 2.08. The number of nitrogens with zero attached hydrogens (tertiary/aromatic N) is 1. The van der Waals surface area contributed by atoms with Gasteiger partial charge in [-0.2, -0.15) is 0 Å². The molecular formula is C27H27NO2. The number of ketones is 2. The first-order chi connectivity index (χ1) is 14.6. The van der Waals surface area contributed by atoms with Gasteiger partial charge in [-0.15, -0.1) is 0 Å². The van der Waals surface area contributed by atoms with Crippen LogP contribution in [0.15, 0.2) is 77.1 Å². The van der Waals surface area contributed by atoms with E-state index in [4.69, 9.17) is 0 Å². The van der Waals surface area contributed by atoms with E-state index in [2.05, 4.69) is 48.2 Å². The van der Waals surface area contributed by atoms with Crippen LogP contribution in [0, 0.1) is 12.8 Å². The van der Waals surface area contributed by atoms with Crippen molar-refractivity contribution in [3.8, 4) is 0 Å². The summed E-state index contributed by atoms with van der Waals surface area (Å²) in [7, 11) is 0. The van der Waals surface area contributed by atoms with Gasteiger partial charge in [0.25, 0.3) is 0 Å². The van der Waals surface area contributed by atoms with Gasteiger partial charge in [0.15, 0.2) is 11.6 Å². The lowest BCUT2D eigenvalue weighted by molar-refractivity contribution is -0.117. The number of hydrogen-bond donors (Lipinski definition) is 0. The predicted molar refractivity (Wildman–Crippen MR) is 119 cm³/mol. The molecular weight excluding hydrogens is 370 g/mol. The average molecular weight is 398 g/mol. The average Bonchev–Trinajstić information content (AvgIpc) is 2.75. The molecule has 152 valence electrons. The summed E-state index contributed by atoms with van der Waals surface area (Å²) in [5.74, 6) is 0.332. The standard InChI is InChI=1S/C27H27NO2/c1-18-13-15-20(16-14-18)28-22-9-5-11-24(29)26(22)21(17-19-7-3-2-4-8-19)27-23(28)10-6-12-25(27)30/h2-4,7-8,13-16,21H,5-6,9-12,17H2,1H3. The fourth-order valence-corrected chi connectivity index (χ4v) is 5.32. The van der Waals surface area contributed by atoms with Gasteiger partial charge in [-0.1, -0.05) is 48.0 Å². The molecule has 3 heteroatoms. The zero-order valence-corrected chi connectivity index (χ0v) is 17.5. The molecule has 3 aliphatic rings. The Morgan fingerprint density at radius 2 is 1.33 bits per heavy atom. The van der Waals surface area contributed by atoms with E-state index in [-0.39, 0.29) is 17.5 Å². The molecule has 0 N–H and O–H groups in total. The molecule has 3 nitrogen and oxygen atoms in total. The fraction of sp³-hybridized carbons (Fsp3) is 0.333. The largest absolute Gasteiger partial charge is 0.317 e. The molecule has 0 spiro atoms. The second kappa shape index (κ2) is 7.71. The summed E-state index contributed by atoms with van der Waals surface area (Å²) in [5.41, 5.74) is 7.50. The third-order valence-electron chi connectivity index (χ3n) is 6.67. The molecule has 0 radical (unpaired) electrons. The highest BCUT2D eigenvalue weighted by Crippen LogP contribution is 2.47. The van der Waals surface area contributed by atoms with Crippen LogP contribution >= 0.6 is 0 Å². The van der Waals surface area contributed by atoms with Crippen LogP contribution in [0.1, 0.15) is 49.7 Å². The van der Waals surface area contributed by atoms with Gasteiger partial charge in [0, 0.05) is 47.0 Å². The van der Waals surface area contributed by atoms with Gasteiger partial charge in [-0.3, -0.25) is 9.59 Å². The van der Waals surface area contributed by atoms with Crippen LogP contribution < -0.4 is 4.90 Å². The number of allylic oxidation sites excluding steroid dienone is 4. The van der Waals surface area contributed by atoms with E-state index in [0.717, 1.165) is 60.3 Å². The highest BCUT2D eigenvalue weighted by atomic mass is 16.1. The summed E-state index contributed by atoms with van der Waals surface area (Å²) in [6, 6.07) is 18.8. The van der Waals surface area contributed by atoms with E-state index in [9.17, 15) is 9.59 Å². The van der Waals surface area contributed by atoms with Crippen LogP contribution in [-0.4, -0.2) is 11.6 Å². The normalized spacial score (nSPS) is 19.8. The minimum absolute atomic E-state index is 0.111. The first kappa shape index (κ1) is 19.0. The van der Waals surface area contributed by atoms with E-state index >= 15 is 0 Å². The molecule has 0 atom stereocenters. The minimum atomic E-state index is -0.111. The van der Waals surface area contributed by atoms with Crippen LogP contribution in [-0.2, 0) is 16.0 Å². The van der Waals surface area contributed by atoms with Gasteiger partial charge >= 0.3 is 0 Å². The van der Waals surface area contributed by atoms with Crippen molar-refractivity contribution >= 4 is 17.3 Å². The highest BCUT2D eigenvalue weighted by Gasteiger charge is 2.42. The first-order valence-corrected chi connectivity index (χ1v) is 11.1. The Balaban J connectivity index is 1.70. The Labute approximate surface area is 178 Å². The summed E-state index contributed by atoms with van der Waals surface area (Å²) >= 11 is 0. The molecule has 0 saturated heterocycles. The van der Waals surface area contributed by atoms with Crippen molar-refractivity contribution in [2.75, 3.05) is 4.90 Å². The summed E-state index contributed by atoms with van der Waals surface area (Å²) in [4.78, 5) is 28.7. The Kier molecular flexibility index (Phi) is 4.90. The van der Waals surface area contributed by atoms with Gasteiger partial charge in [0.05, 0.1) is 0 Å². The van der Waals surface area contributed by atoms with E-state index in [1.165, 1.54) is 11.1 Å². The van der Waals surface area contributed by atoms with Gasteiger partial charge in [-0.25, -0.2) is 0 Å². The lowest BCUT2D eigenvalue weighted by atomic mass is 9.71. The second-order valence-corrected chi connectivity index (χ2v) is 8.69. The Morgan fingerprint density at radius 3 is 1.90 bits per heavy atom. The third kappa shape index (κ3) is 3.23. The van der Waals surface area contributed by atoms with Gasteiger partial charge in [-0.05, 0) is 56.7 Å². The number of carbonyl (C=O) groups is 2. The van der Waals surface area contributed by atoms with Crippen LogP contribution in [0.3, 0.4) is 0 Å². The molecule has 5 rings (SSSR count). The number of rotatable bonds is 3. The number of anilines is 1. The van der Waals surface area contributed by atoms with Gasteiger partial charge in [0.1, 0.15) is 0 Å². The number of carbonyl (C=O) groups excluding carboxylic acids is 2. The quantitative estimate of drug-likeness (QED) is 0.668. The van der Waals surface area contributed by atoms with Crippen molar-refractivity contribution in [1.82, 2.24) is 0 Å². The van der Waals surface area contributed by atoms with Crippen LogP contribution in [0.25, 0.3) is 0 Å². The molecule has 1 heterocycles. The second-order valence-electron chi connectivity index (χ2n) is 8.69. The maximum absolute atomic E-state index is 13.2. The predicted octanol–water partition coefficient (Wildman–Crippen LogP) is 5.69. The lowest BCUT2D eigenvalue weighted by Crippen LogP contribution is -2.40. The maximum Gasteiger partial charge on any atom is 0.161 e. The van der Waals surface area contributed by atoms with E-state index in [0.29, 0.717) is 12.8 Å². The van der Waals surface area contributed by atoms with Crippen molar-refractivity contribution in [2.45, 2.75) is 51.9 Å². The van der Waals surface area contributed by atoms with E-state index < -0.39 is 0 Å². The molecule has 30 heavy (non-hydrogen) atoms. The Hall–Kier alpha value is -2.94. The van der Waals surface area contributed by atoms with Crippen LogP contribution in [0.4, 0.5) is 5.69 Å². The van der Waals surface area contributed by atoms with Gasteiger partial charge < -0.3 is 4.90 Å². The van der Waals surface area contributed by atoms with Crippen molar-refractivity contribution in [1.29, 1.82) is 0 Å². The third-order valence-corrected chi connectivity index (χ3v) is 6.67. The van der Waals surface area contributed by atoms with Crippen LogP contribution in [0.5, 0.6) is 0 Å². The van der Waals surface area contributed by atoms with E-state index in [1.807, 2.05) is 18.2 Å². The lowest BCUT2D eigenvalue weighted by Gasteiger charge is -2.44. The monoisotopic (exact) mass is 397 g/mol. The summed E-state index contributed by atoms with van der Waals surface area (Å²) in [5, 5.41) is 0. The number of benzene rings is 2. The molecule has 0 fully saturated rings. The fourth-order valence-electron chi connectivity index (χ4n) is 5.32. The van der Waals surface area contributed by atoms with Crippen molar-refractivity contribution in [3.05, 3.63) is 88.3 Å². The molecule has 0 saturated carbocycles. The summed E-state index contributed by atoms with van der Waals surface area (Å²) < 4.78 is 0. The number of hydrogen-bond acceptors (Lipinski definition) is 3. The molecule has 2 aromatic rings. The molecule has 0 amide bonds. The first-order valence-electron chi connectivity index (χ1n) is 11.1. The number of Topliss-reactive ketones (excluding diaryl/α,β-unsaturated/α-hetero) is 2. The SMILES string of the molecule is Cc1ccc(N2C3=C(C(=O)CCC3)C(Cc3ccccc3)C3=C2CCCC3=O)cc1. The molecule has 1 aliphatic heterocycles. The topological polar surface area (TPSA) is 37.4 Å². The molecule has 0 unspecified atom stereocenters. The van der Waals surface area contributed by atoms with E-state index in [1.54, 1.807) is 0 Å². The summed E-state index contributed by atoms with van der Waals surface area (Å²) in [6.07, 6.45) is 5.45. The Bertz CT molecular complexity index is 1020. The van der Waals surface area contributed by atoms with Crippen LogP contribution in [0.2, 0.25) is 0 Å².